The highest BCUT2D eigenvalue weighted by Gasteiger charge is 2.16. The van der Waals surface area contributed by atoms with Crippen LogP contribution < -0.4 is 10.6 Å². The Hall–Kier alpha value is -2.66. The monoisotopic (exact) mass is 407 g/mol. The number of pyridine rings is 1. The molecule has 29 heavy (non-hydrogen) atoms. The van der Waals surface area contributed by atoms with Gasteiger partial charge in [0.25, 0.3) is 0 Å². The first-order valence-electron chi connectivity index (χ1n) is 10.2. The summed E-state index contributed by atoms with van der Waals surface area (Å²) in [7, 11) is 0. The summed E-state index contributed by atoms with van der Waals surface area (Å²) in [5.74, 6) is 1.43. The zero-order valence-corrected chi connectivity index (χ0v) is 17.6. The van der Waals surface area contributed by atoms with E-state index in [9.17, 15) is 0 Å². The first-order valence-corrected chi connectivity index (χ1v) is 10.6. The van der Waals surface area contributed by atoms with E-state index in [1.165, 1.54) is 32.1 Å². The van der Waals surface area contributed by atoms with Crippen molar-refractivity contribution in [2.45, 2.75) is 52.0 Å². The van der Waals surface area contributed by atoms with Crippen molar-refractivity contribution in [3.8, 4) is 11.3 Å². The number of benzene rings is 1. The number of hydrogen-bond acceptors (Lipinski definition) is 5. The van der Waals surface area contributed by atoms with Crippen molar-refractivity contribution in [1.29, 1.82) is 0 Å². The van der Waals surface area contributed by atoms with Crippen LogP contribution in [0.25, 0.3) is 11.3 Å². The molecule has 2 N–H and O–H groups in total. The van der Waals surface area contributed by atoms with Crippen LogP contribution in [0.4, 0.5) is 17.5 Å². The number of halogens is 1. The van der Waals surface area contributed by atoms with Crippen LogP contribution >= 0.6 is 11.6 Å². The van der Waals surface area contributed by atoms with Gasteiger partial charge in [-0.1, -0.05) is 30.9 Å². The third-order valence-corrected chi connectivity index (χ3v) is 5.61. The molecule has 5 nitrogen and oxygen atoms in total. The molecule has 2 aromatic heterocycles. The molecule has 0 bridgehead atoms. The van der Waals surface area contributed by atoms with Crippen molar-refractivity contribution in [2.75, 3.05) is 10.6 Å². The number of nitrogens with zero attached hydrogens (tertiary/aromatic N) is 3. The normalized spacial score (nSPS) is 14.6. The minimum absolute atomic E-state index is 0.434. The summed E-state index contributed by atoms with van der Waals surface area (Å²) in [5, 5.41) is 7.79. The van der Waals surface area contributed by atoms with Crippen molar-refractivity contribution >= 4 is 29.1 Å². The van der Waals surface area contributed by atoms with E-state index in [2.05, 4.69) is 15.6 Å². The molecule has 0 unspecified atom stereocenters. The molecule has 1 aliphatic rings. The zero-order chi connectivity index (χ0) is 20.2. The quantitative estimate of drug-likeness (QED) is 0.519. The number of anilines is 3. The summed E-state index contributed by atoms with van der Waals surface area (Å²) < 4.78 is 0. The molecule has 1 fully saturated rings. The van der Waals surface area contributed by atoms with Crippen molar-refractivity contribution in [3.05, 3.63) is 58.9 Å². The fourth-order valence-electron chi connectivity index (χ4n) is 3.91. The molecule has 1 aromatic carbocycles. The van der Waals surface area contributed by atoms with Gasteiger partial charge in [-0.15, -0.1) is 0 Å². The fraction of sp³-hybridized carbons (Fsp3) is 0.348. The molecule has 0 aliphatic heterocycles. The van der Waals surface area contributed by atoms with Crippen LogP contribution in [0.15, 0.2) is 42.7 Å². The van der Waals surface area contributed by atoms with Gasteiger partial charge in [-0.25, -0.2) is 4.98 Å². The molecule has 0 radical (unpaired) electrons. The van der Waals surface area contributed by atoms with E-state index in [0.29, 0.717) is 12.0 Å². The number of rotatable bonds is 5. The maximum atomic E-state index is 6.19. The van der Waals surface area contributed by atoms with Crippen LogP contribution in [0.5, 0.6) is 0 Å². The van der Waals surface area contributed by atoms with Crippen LogP contribution in [0, 0.1) is 13.8 Å². The van der Waals surface area contributed by atoms with Crippen LogP contribution in [-0.4, -0.2) is 21.0 Å². The van der Waals surface area contributed by atoms with Gasteiger partial charge in [0.05, 0.1) is 5.69 Å². The number of aryl methyl sites for hydroxylation is 2. The van der Waals surface area contributed by atoms with Crippen LogP contribution in [0.2, 0.25) is 5.02 Å². The lowest BCUT2D eigenvalue weighted by molar-refractivity contribution is 0.461. The molecule has 3 aromatic rings. The minimum atomic E-state index is 0.434. The van der Waals surface area contributed by atoms with Gasteiger partial charge < -0.3 is 10.6 Å². The van der Waals surface area contributed by atoms with E-state index in [4.69, 9.17) is 21.6 Å². The second-order valence-electron chi connectivity index (χ2n) is 7.72. The SMILES string of the molecule is Cc1cc(Cl)cc(C)c1Nc1cc(-c2ccncc2)nc(NC2CCCCC2)n1. The van der Waals surface area contributed by atoms with E-state index in [1.807, 2.05) is 44.2 Å². The average molecular weight is 408 g/mol. The number of hydrogen-bond donors (Lipinski definition) is 2. The second kappa shape index (κ2) is 8.78. The highest BCUT2D eigenvalue weighted by Crippen LogP contribution is 2.30. The topological polar surface area (TPSA) is 62.7 Å². The van der Waals surface area contributed by atoms with Crippen molar-refractivity contribution in [3.63, 3.8) is 0 Å². The van der Waals surface area contributed by atoms with Gasteiger partial charge in [-0.3, -0.25) is 4.98 Å². The maximum absolute atomic E-state index is 6.19. The van der Waals surface area contributed by atoms with Gasteiger partial charge in [0.2, 0.25) is 5.95 Å². The fourth-order valence-corrected chi connectivity index (χ4v) is 4.24. The standard InChI is InChI=1S/C23H26ClN5/c1-15-12-18(24)13-16(2)22(15)28-21-14-20(17-8-10-25-11-9-17)27-23(29-21)26-19-6-4-3-5-7-19/h8-14,19H,3-7H2,1-2H3,(H2,26,27,28,29). The molecule has 6 heteroatoms. The Morgan fingerprint density at radius 2 is 1.62 bits per heavy atom. The third kappa shape index (κ3) is 4.85. The van der Waals surface area contributed by atoms with Crippen LogP contribution in [-0.2, 0) is 0 Å². The predicted octanol–water partition coefficient (Wildman–Crippen LogP) is 6.30. The Morgan fingerprint density at radius 1 is 0.931 bits per heavy atom. The predicted molar refractivity (Wildman–Crippen MR) is 120 cm³/mol. The van der Waals surface area contributed by atoms with Gasteiger partial charge in [0, 0.05) is 40.8 Å². The summed E-state index contributed by atoms with van der Waals surface area (Å²) in [6.07, 6.45) is 9.74. The average Bonchev–Trinajstić information content (AvgIpc) is 2.72. The second-order valence-corrected chi connectivity index (χ2v) is 8.15. The first kappa shape index (κ1) is 19.6. The smallest absolute Gasteiger partial charge is 0.225 e. The number of aromatic nitrogens is 3. The number of nitrogens with one attached hydrogen (secondary N) is 2. The molecule has 0 spiro atoms. The van der Waals surface area contributed by atoms with Gasteiger partial charge in [0.1, 0.15) is 5.82 Å². The largest absolute Gasteiger partial charge is 0.351 e. The molecule has 0 atom stereocenters. The maximum Gasteiger partial charge on any atom is 0.225 e. The molecular weight excluding hydrogens is 382 g/mol. The lowest BCUT2D eigenvalue weighted by Crippen LogP contribution is -2.23. The van der Waals surface area contributed by atoms with E-state index in [1.54, 1.807) is 12.4 Å². The molecule has 4 rings (SSSR count). The van der Waals surface area contributed by atoms with Gasteiger partial charge in [0.15, 0.2) is 0 Å². The Labute approximate surface area is 177 Å². The molecule has 1 saturated carbocycles. The van der Waals surface area contributed by atoms with Gasteiger partial charge in [-0.2, -0.15) is 4.98 Å². The van der Waals surface area contributed by atoms with Crippen molar-refractivity contribution in [1.82, 2.24) is 15.0 Å². The van der Waals surface area contributed by atoms with E-state index in [-0.39, 0.29) is 0 Å². The van der Waals surface area contributed by atoms with E-state index < -0.39 is 0 Å². The lowest BCUT2D eigenvalue weighted by Gasteiger charge is -2.23. The molecule has 2 heterocycles. The van der Waals surface area contributed by atoms with Gasteiger partial charge in [-0.05, 0) is 62.1 Å². The molecule has 0 saturated heterocycles. The highest BCUT2D eigenvalue weighted by atomic mass is 35.5. The molecule has 1 aliphatic carbocycles. The van der Waals surface area contributed by atoms with E-state index >= 15 is 0 Å². The molecular formula is C23H26ClN5. The first-order chi connectivity index (χ1) is 14.1. The molecule has 0 amide bonds. The Balaban J connectivity index is 1.69. The summed E-state index contributed by atoms with van der Waals surface area (Å²) in [6, 6.07) is 10.3. The Bertz CT molecular complexity index is 961. The zero-order valence-electron chi connectivity index (χ0n) is 16.9. The highest BCUT2D eigenvalue weighted by molar-refractivity contribution is 6.30. The van der Waals surface area contributed by atoms with Crippen LogP contribution in [0.1, 0.15) is 43.2 Å². The van der Waals surface area contributed by atoms with Gasteiger partial charge >= 0.3 is 0 Å². The summed E-state index contributed by atoms with van der Waals surface area (Å²) in [6.45, 7) is 4.10. The Kier molecular flexibility index (Phi) is 5.95. The third-order valence-electron chi connectivity index (χ3n) is 5.39. The Morgan fingerprint density at radius 3 is 2.31 bits per heavy atom. The van der Waals surface area contributed by atoms with Crippen molar-refractivity contribution < 1.29 is 0 Å². The minimum Gasteiger partial charge on any atom is -0.351 e. The van der Waals surface area contributed by atoms with Crippen LogP contribution in [0.3, 0.4) is 0 Å². The molecule has 150 valence electrons. The summed E-state index contributed by atoms with van der Waals surface area (Å²) in [5.41, 5.74) is 5.08. The summed E-state index contributed by atoms with van der Waals surface area (Å²) >= 11 is 6.19. The van der Waals surface area contributed by atoms with Crippen molar-refractivity contribution in [2.24, 2.45) is 0 Å². The lowest BCUT2D eigenvalue weighted by atomic mass is 9.96. The summed E-state index contributed by atoms with van der Waals surface area (Å²) in [4.78, 5) is 13.7. The van der Waals surface area contributed by atoms with E-state index in [0.717, 1.165) is 38.9 Å².